The molecule has 0 aromatic heterocycles. The van der Waals surface area contributed by atoms with Crippen LogP contribution in [-0.4, -0.2) is 40.3 Å². The predicted molar refractivity (Wildman–Crippen MR) is 86.3 cm³/mol. The number of benzene rings is 1. The Kier molecular flexibility index (Phi) is 5.98. The van der Waals surface area contributed by atoms with Crippen LogP contribution in [0.3, 0.4) is 0 Å². The summed E-state index contributed by atoms with van der Waals surface area (Å²) in [5.74, 6) is -0.316. The minimum Gasteiger partial charge on any atom is -0.460 e. The maximum absolute atomic E-state index is 11.2. The van der Waals surface area contributed by atoms with Gasteiger partial charge < -0.3 is 9.84 Å². The van der Waals surface area contributed by atoms with Crippen molar-refractivity contribution in [2.24, 2.45) is 0 Å². The third kappa shape index (κ3) is 4.31. The van der Waals surface area contributed by atoms with E-state index >= 15 is 0 Å². The Morgan fingerprint density at radius 2 is 2.00 bits per heavy atom. The highest BCUT2D eigenvalue weighted by molar-refractivity contribution is 5.66. The fourth-order valence-corrected chi connectivity index (χ4v) is 3.30. The average molecular weight is 305 g/mol. The van der Waals surface area contributed by atoms with Crippen LogP contribution in [0, 0.1) is 0 Å². The van der Waals surface area contributed by atoms with E-state index in [9.17, 15) is 9.90 Å². The predicted octanol–water partition coefficient (Wildman–Crippen LogP) is 2.74. The summed E-state index contributed by atoms with van der Waals surface area (Å²) in [6, 6.07) is 10.6. The fourth-order valence-electron chi connectivity index (χ4n) is 3.30. The molecule has 0 heterocycles. The summed E-state index contributed by atoms with van der Waals surface area (Å²) in [5, 5.41) is 10.7. The third-order valence-corrected chi connectivity index (χ3v) is 4.38. The Balaban J connectivity index is 2.11. The number of nitrogens with zero attached hydrogens (tertiary/aromatic N) is 1. The van der Waals surface area contributed by atoms with Crippen LogP contribution >= 0.6 is 0 Å². The van der Waals surface area contributed by atoms with E-state index in [-0.39, 0.29) is 18.1 Å². The molecule has 1 N–H and O–H groups in total. The van der Waals surface area contributed by atoms with E-state index in [0.29, 0.717) is 6.04 Å². The molecule has 1 aromatic carbocycles. The smallest absolute Gasteiger partial charge is 0.302 e. The van der Waals surface area contributed by atoms with Crippen LogP contribution in [0.15, 0.2) is 30.3 Å². The number of hydrogen-bond donors (Lipinski definition) is 1. The van der Waals surface area contributed by atoms with Crippen LogP contribution in [0.4, 0.5) is 0 Å². The lowest BCUT2D eigenvalue weighted by Crippen LogP contribution is -2.54. The Labute approximate surface area is 133 Å². The average Bonchev–Trinajstić information content (AvgIpc) is 2.48. The van der Waals surface area contributed by atoms with Crippen LogP contribution in [-0.2, 0) is 16.1 Å². The number of aliphatic hydroxyl groups excluding tert-OH is 1. The van der Waals surface area contributed by atoms with Gasteiger partial charge in [0.1, 0.15) is 12.2 Å². The number of esters is 1. The van der Waals surface area contributed by atoms with E-state index in [1.54, 1.807) is 0 Å². The van der Waals surface area contributed by atoms with Gasteiger partial charge in [-0.05, 0) is 38.7 Å². The molecule has 1 aromatic rings. The summed E-state index contributed by atoms with van der Waals surface area (Å²) in [6.07, 6.45) is 1.65. The molecule has 0 radical (unpaired) electrons. The first-order valence-corrected chi connectivity index (χ1v) is 8.14. The molecule has 4 nitrogen and oxygen atoms in total. The van der Waals surface area contributed by atoms with Gasteiger partial charge in [0.15, 0.2) is 0 Å². The first kappa shape index (κ1) is 17.0. The number of rotatable bonds is 5. The molecule has 4 heteroatoms. The second-order valence-corrected chi connectivity index (χ2v) is 6.39. The number of hydrogen-bond acceptors (Lipinski definition) is 4. The highest BCUT2D eigenvalue weighted by Crippen LogP contribution is 2.28. The third-order valence-electron chi connectivity index (χ3n) is 4.38. The lowest BCUT2D eigenvalue weighted by Gasteiger charge is -2.43. The van der Waals surface area contributed by atoms with Crippen molar-refractivity contribution in [3.05, 3.63) is 35.9 Å². The summed E-state index contributed by atoms with van der Waals surface area (Å²) < 4.78 is 5.30. The first-order valence-electron chi connectivity index (χ1n) is 8.14. The normalized spacial score (nSPS) is 25.5. The molecule has 122 valence electrons. The van der Waals surface area contributed by atoms with Crippen molar-refractivity contribution in [1.82, 2.24) is 4.90 Å². The van der Waals surface area contributed by atoms with Crippen molar-refractivity contribution in [3.63, 3.8) is 0 Å². The lowest BCUT2D eigenvalue weighted by molar-refractivity contribution is -0.160. The van der Waals surface area contributed by atoms with Crippen molar-refractivity contribution in [2.75, 3.05) is 0 Å². The molecule has 0 spiro atoms. The molecule has 0 bridgehead atoms. The number of carbonyl (C=O) groups excluding carboxylic acids is 1. The number of aliphatic hydroxyl groups is 1. The van der Waals surface area contributed by atoms with Gasteiger partial charge in [0.05, 0.1) is 0 Å². The van der Waals surface area contributed by atoms with Crippen LogP contribution in [0.1, 0.15) is 45.6 Å². The van der Waals surface area contributed by atoms with Gasteiger partial charge in [-0.1, -0.05) is 30.3 Å². The molecule has 3 atom stereocenters. The van der Waals surface area contributed by atoms with Crippen molar-refractivity contribution in [3.8, 4) is 0 Å². The second kappa shape index (κ2) is 7.75. The minimum absolute atomic E-state index is 0.0262. The Hall–Kier alpha value is -1.39. The molecule has 22 heavy (non-hydrogen) atoms. The zero-order valence-electron chi connectivity index (χ0n) is 13.7. The van der Waals surface area contributed by atoms with Gasteiger partial charge in [-0.25, -0.2) is 0 Å². The van der Waals surface area contributed by atoms with E-state index in [1.807, 2.05) is 18.2 Å². The molecular weight excluding hydrogens is 278 g/mol. The molecule has 0 aliphatic heterocycles. The Morgan fingerprint density at radius 1 is 1.32 bits per heavy atom. The fraction of sp³-hybridized carbons (Fsp3) is 0.611. The highest BCUT2D eigenvalue weighted by atomic mass is 16.6. The maximum atomic E-state index is 11.2. The van der Waals surface area contributed by atoms with Crippen molar-refractivity contribution < 1.29 is 14.6 Å². The zero-order valence-corrected chi connectivity index (χ0v) is 13.7. The van der Waals surface area contributed by atoms with Crippen molar-refractivity contribution in [1.29, 1.82) is 0 Å². The summed E-state index contributed by atoms with van der Waals surface area (Å²) in [6.45, 7) is 6.49. The number of ether oxygens (including phenoxy) is 1. The largest absolute Gasteiger partial charge is 0.460 e. The second-order valence-electron chi connectivity index (χ2n) is 6.39. The first-order chi connectivity index (χ1) is 10.5. The summed E-state index contributed by atoms with van der Waals surface area (Å²) in [5.41, 5.74) is 1.23. The van der Waals surface area contributed by atoms with Crippen LogP contribution in [0.5, 0.6) is 0 Å². The number of carbonyl (C=O) groups is 1. The Morgan fingerprint density at radius 3 is 2.59 bits per heavy atom. The van der Waals surface area contributed by atoms with Crippen molar-refractivity contribution >= 4 is 5.97 Å². The lowest BCUT2D eigenvalue weighted by atomic mass is 9.87. The molecular formula is C18H27NO3. The summed E-state index contributed by atoms with van der Waals surface area (Å²) in [4.78, 5) is 13.5. The van der Waals surface area contributed by atoms with Crippen LogP contribution < -0.4 is 0 Å². The van der Waals surface area contributed by atoms with Crippen molar-refractivity contribution in [2.45, 2.75) is 70.9 Å². The quantitative estimate of drug-likeness (QED) is 0.850. The van der Waals surface area contributed by atoms with E-state index in [2.05, 4.69) is 30.9 Å². The van der Waals surface area contributed by atoms with Gasteiger partial charge in [0, 0.05) is 25.6 Å². The van der Waals surface area contributed by atoms with Gasteiger partial charge in [0.25, 0.3) is 0 Å². The van der Waals surface area contributed by atoms with Gasteiger partial charge in [-0.2, -0.15) is 0 Å². The molecule has 0 unspecified atom stereocenters. The van der Waals surface area contributed by atoms with E-state index < -0.39 is 6.10 Å². The minimum atomic E-state index is -0.622. The van der Waals surface area contributed by atoms with Gasteiger partial charge in [-0.3, -0.25) is 9.69 Å². The van der Waals surface area contributed by atoms with Gasteiger partial charge in [-0.15, -0.1) is 0 Å². The topological polar surface area (TPSA) is 49.8 Å². The zero-order chi connectivity index (χ0) is 16.1. The molecule has 2 rings (SSSR count). The molecule has 1 aliphatic carbocycles. The monoisotopic (exact) mass is 305 g/mol. The highest BCUT2D eigenvalue weighted by Gasteiger charge is 2.38. The molecule has 1 aliphatic rings. The Bertz CT molecular complexity index is 474. The SMILES string of the molecule is CC(=O)O[C@@H]1CCC[C@@H](N(Cc2ccccc2)C(C)C)[C@H]1O. The van der Waals surface area contributed by atoms with Crippen LogP contribution in [0.25, 0.3) is 0 Å². The molecule has 1 saturated carbocycles. The molecule has 1 fully saturated rings. The summed E-state index contributed by atoms with van der Waals surface area (Å²) in [7, 11) is 0. The molecule has 0 amide bonds. The van der Waals surface area contributed by atoms with Crippen LogP contribution in [0.2, 0.25) is 0 Å². The molecule has 0 saturated heterocycles. The van der Waals surface area contributed by atoms with Gasteiger partial charge >= 0.3 is 5.97 Å². The summed E-state index contributed by atoms with van der Waals surface area (Å²) >= 11 is 0. The van der Waals surface area contributed by atoms with E-state index in [0.717, 1.165) is 25.8 Å². The van der Waals surface area contributed by atoms with Gasteiger partial charge in [0.2, 0.25) is 0 Å². The van der Waals surface area contributed by atoms with E-state index in [1.165, 1.54) is 12.5 Å². The maximum Gasteiger partial charge on any atom is 0.302 e. The standard InChI is InChI=1S/C18H27NO3/c1-13(2)19(12-15-8-5-4-6-9-15)16-10-7-11-17(18(16)21)22-14(3)20/h4-6,8-9,13,16-18,21H,7,10-12H2,1-3H3/t16-,17-,18-/m1/s1. The van der Waals surface area contributed by atoms with E-state index in [4.69, 9.17) is 4.74 Å².